The maximum absolute atomic E-state index is 11.6. The summed E-state index contributed by atoms with van der Waals surface area (Å²) in [5.41, 5.74) is 1.16. The van der Waals surface area contributed by atoms with Crippen molar-refractivity contribution in [2.24, 2.45) is 0 Å². The summed E-state index contributed by atoms with van der Waals surface area (Å²) in [6, 6.07) is 10.3. The van der Waals surface area contributed by atoms with E-state index in [0.717, 1.165) is 56.9 Å². The van der Waals surface area contributed by atoms with E-state index in [-0.39, 0.29) is 12.1 Å². The Morgan fingerprint density at radius 1 is 1.16 bits per heavy atom. The number of esters is 1. The fraction of sp³-hybridized carbons (Fsp3) is 0.667. The fourth-order valence-electron chi connectivity index (χ4n) is 3.35. The predicted octanol–water partition coefficient (Wildman–Crippen LogP) is 5.17. The zero-order valence-corrected chi connectivity index (χ0v) is 15.7. The van der Waals surface area contributed by atoms with Gasteiger partial charge in [0.2, 0.25) is 0 Å². The first-order chi connectivity index (χ1) is 12.2. The normalized spacial score (nSPS) is 17.4. The molecule has 0 spiro atoms. The van der Waals surface area contributed by atoms with Crippen molar-refractivity contribution >= 4 is 5.97 Å². The highest BCUT2D eigenvalue weighted by molar-refractivity contribution is 5.69. The van der Waals surface area contributed by atoms with E-state index < -0.39 is 5.79 Å². The van der Waals surface area contributed by atoms with Gasteiger partial charge in [0.15, 0.2) is 5.79 Å². The molecule has 1 aromatic rings. The van der Waals surface area contributed by atoms with Crippen LogP contribution in [0, 0.1) is 0 Å². The molecule has 1 fully saturated rings. The van der Waals surface area contributed by atoms with Crippen molar-refractivity contribution in [3.8, 4) is 0 Å². The molecule has 1 atom stereocenters. The molecule has 4 nitrogen and oxygen atoms in total. The molecule has 0 saturated heterocycles. The molecule has 0 N–H and O–H groups in total. The SMILES string of the molecule is CCCCC(=O)OCCCC(OC1(OC)CCCC1)c1ccccc1. The average Bonchev–Trinajstić information content (AvgIpc) is 3.12. The molecule has 1 saturated carbocycles. The lowest BCUT2D eigenvalue weighted by Crippen LogP contribution is -2.33. The van der Waals surface area contributed by atoms with Crippen LogP contribution in [0.4, 0.5) is 0 Å². The summed E-state index contributed by atoms with van der Waals surface area (Å²) in [5.74, 6) is -0.554. The van der Waals surface area contributed by atoms with E-state index >= 15 is 0 Å². The third kappa shape index (κ3) is 6.44. The van der Waals surface area contributed by atoms with Crippen LogP contribution >= 0.6 is 0 Å². The van der Waals surface area contributed by atoms with Gasteiger partial charge in [-0.1, -0.05) is 43.7 Å². The minimum atomic E-state index is -0.460. The highest BCUT2D eigenvalue weighted by Gasteiger charge is 2.37. The first-order valence-corrected chi connectivity index (χ1v) is 9.62. The second-order valence-electron chi connectivity index (χ2n) is 6.81. The number of rotatable bonds is 11. The van der Waals surface area contributed by atoms with Gasteiger partial charge in [-0.05, 0) is 37.7 Å². The van der Waals surface area contributed by atoms with E-state index in [1.807, 2.05) is 18.2 Å². The molecule has 0 heterocycles. The number of hydrogen-bond acceptors (Lipinski definition) is 4. The van der Waals surface area contributed by atoms with Crippen molar-refractivity contribution in [2.45, 2.75) is 76.6 Å². The second-order valence-corrected chi connectivity index (χ2v) is 6.81. The molecule has 0 bridgehead atoms. The molecule has 0 aromatic heterocycles. The Labute approximate surface area is 151 Å². The molecule has 25 heavy (non-hydrogen) atoms. The minimum absolute atomic E-state index is 0.0337. The first kappa shape index (κ1) is 19.9. The summed E-state index contributed by atoms with van der Waals surface area (Å²) < 4.78 is 17.5. The van der Waals surface area contributed by atoms with E-state index in [0.29, 0.717) is 13.0 Å². The van der Waals surface area contributed by atoms with Crippen LogP contribution in [0.25, 0.3) is 0 Å². The maximum atomic E-state index is 11.6. The number of unbranched alkanes of at least 4 members (excludes halogenated alkanes) is 1. The smallest absolute Gasteiger partial charge is 0.305 e. The standard InChI is InChI=1S/C21H32O4/c1-3-4-14-20(22)24-17-10-13-19(18-11-6-5-7-12-18)25-21(23-2)15-8-9-16-21/h5-7,11-12,19H,3-4,8-10,13-17H2,1-2H3. The van der Waals surface area contributed by atoms with Crippen molar-refractivity contribution in [1.29, 1.82) is 0 Å². The first-order valence-electron chi connectivity index (χ1n) is 9.62. The predicted molar refractivity (Wildman–Crippen MR) is 98.2 cm³/mol. The number of carbonyl (C=O) groups excluding carboxylic acids is 1. The molecule has 2 rings (SSSR count). The zero-order valence-electron chi connectivity index (χ0n) is 15.7. The van der Waals surface area contributed by atoms with Crippen LogP contribution < -0.4 is 0 Å². The van der Waals surface area contributed by atoms with Crippen molar-refractivity contribution in [2.75, 3.05) is 13.7 Å². The van der Waals surface area contributed by atoms with Gasteiger partial charge in [-0.15, -0.1) is 0 Å². The van der Waals surface area contributed by atoms with Gasteiger partial charge >= 0.3 is 5.97 Å². The number of benzene rings is 1. The molecule has 0 amide bonds. The minimum Gasteiger partial charge on any atom is -0.466 e. The summed E-state index contributed by atoms with van der Waals surface area (Å²) in [6.07, 6.45) is 8.17. The topological polar surface area (TPSA) is 44.8 Å². The van der Waals surface area contributed by atoms with Gasteiger partial charge < -0.3 is 14.2 Å². The Kier molecular flexibility index (Phi) is 8.42. The van der Waals surface area contributed by atoms with Gasteiger partial charge in [0, 0.05) is 26.4 Å². The van der Waals surface area contributed by atoms with Crippen LogP contribution in [0.5, 0.6) is 0 Å². The molecule has 1 aliphatic rings. The summed E-state index contributed by atoms with van der Waals surface area (Å²) in [4.78, 5) is 11.6. The molecule has 140 valence electrons. The lowest BCUT2D eigenvalue weighted by Gasteiger charge is -2.33. The Morgan fingerprint density at radius 3 is 2.52 bits per heavy atom. The van der Waals surface area contributed by atoms with Crippen LogP contribution in [-0.2, 0) is 19.0 Å². The monoisotopic (exact) mass is 348 g/mol. The Balaban J connectivity index is 1.88. The van der Waals surface area contributed by atoms with Crippen LogP contribution in [-0.4, -0.2) is 25.5 Å². The second kappa shape index (κ2) is 10.6. The van der Waals surface area contributed by atoms with Crippen LogP contribution in [0.1, 0.15) is 76.4 Å². The van der Waals surface area contributed by atoms with Crippen LogP contribution in [0.2, 0.25) is 0 Å². The van der Waals surface area contributed by atoms with Gasteiger partial charge in [-0.25, -0.2) is 0 Å². The third-order valence-electron chi connectivity index (χ3n) is 4.87. The summed E-state index contributed by atoms with van der Waals surface area (Å²) in [7, 11) is 1.74. The fourth-order valence-corrected chi connectivity index (χ4v) is 3.35. The molecule has 0 radical (unpaired) electrons. The average molecular weight is 348 g/mol. The summed E-state index contributed by atoms with van der Waals surface area (Å²) in [6.45, 7) is 2.53. The Hall–Kier alpha value is -1.39. The van der Waals surface area contributed by atoms with Crippen molar-refractivity contribution in [3.63, 3.8) is 0 Å². The maximum Gasteiger partial charge on any atom is 0.305 e. The molecule has 1 aromatic carbocycles. The number of hydrogen-bond donors (Lipinski definition) is 0. The summed E-state index contributed by atoms with van der Waals surface area (Å²) >= 11 is 0. The van der Waals surface area contributed by atoms with Gasteiger partial charge in [-0.3, -0.25) is 4.79 Å². The summed E-state index contributed by atoms with van der Waals surface area (Å²) in [5, 5.41) is 0. The van der Waals surface area contributed by atoms with Crippen LogP contribution in [0.3, 0.4) is 0 Å². The third-order valence-corrected chi connectivity index (χ3v) is 4.87. The molecular formula is C21H32O4. The quantitative estimate of drug-likeness (QED) is 0.314. The number of methoxy groups -OCH3 is 1. The highest BCUT2D eigenvalue weighted by atomic mass is 16.7. The van der Waals surface area contributed by atoms with Gasteiger partial charge in [0.1, 0.15) is 0 Å². The van der Waals surface area contributed by atoms with Crippen LogP contribution in [0.15, 0.2) is 30.3 Å². The number of carbonyl (C=O) groups is 1. The van der Waals surface area contributed by atoms with Gasteiger partial charge in [0.25, 0.3) is 0 Å². The Morgan fingerprint density at radius 2 is 1.88 bits per heavy atom. The Bertz CT molecular complexity index is 494. The molecule has 4 heteroatoms. The van der Waals surface area contributed by atoms with E-state index in [2.05, 4.69) is 19.1 Å². The lowest BCUT2D eigenvalue weighted by molar-refractivity contribution is -0.245. The van der Waals surface area contributed by atoms with E-state index in [1.165, 1.54) is 0 Å². The van der Waals surface area contributed by atoms with E-state index in [4.69, 9.17) is 14.2 Å². The molecule has 1 unspecified atom stereocenters. The molecular weight excluding hydrogens is 316 g/mol. The van der Waals surface area contributed by atoms with E-state index in [9.17, 15) is 4.79 Å². The van der Waals surface area contributed by atoms with Crippen molar-refractivity contribution in [3.05, 3.63) is 35.9 Å². The largest absolute Gasteiger partial charge is 0.466 e. The van der Waals surface area contributed by atoms with Gasteiger partial charge in [-0.2, -0.15) is 0 Å². The zero-order chi connectivity index (χ0) is 18.0. The molecule has 1 aliphatic carbocycles. The van der Waals surface area contributed by atoms with Crippen molar-refractivity contribution < 1.29 is 19.0 Å². The highest BCUT2D eigenvalue weighted by Crippen LogP contribution is 2.39. The molecule has 0 aliphatic heterocycles. The van der Waals surface area contributed by atoms with E-state index in [1.54, 1.807) is 7.11 Å². The van der Waals surface area contributed by atoms with Crippen molar-refractivity contribution in [1.82, 2.24) is 0 Å². The lowest BCUT2D eigenvalue weighted by atomic mass is 10.0. The number of ether oxygens (including phenoxy) is 3. The van der Waals surface area contributed by atoms with Gasteiger partial charge in [0.05, 0.1) is 12.7 Å².